The molecule has 0 saturated carbocycles. The number of ether oxygens (including phenoxy) is 1. The lowest BCUT2D eigenvalue weighted by atomic mass is 10.3. The Balaban J connectivity index is 0. The summed E-state index contributed by atoms with van der Waals surface area (Å²) in [4.78, 5) is 9.85. The van der Waals surface area contributed by atoms with E-state index in [1.54, 1.807) is 0 Å². The molecule has 0 amide bonds. The van der Waals surface area contributed by atoms with Crippen LogP contribution >= 0.6 is 0 Å². The summed E-state index contributed by atoms with van der Waals surface area (Å²) in [6.45, 7) is 9.55. The van der Waals surface area contributed by atoms with Gasteiger partial charge in [0.15, 0.2) is 0 Å². The largest absolute Gasteiger partial charge is 0.347 e. The standard InChI is InChI=1S/C4H3NO2.C4H10/c1-2-4(6)7-3-5;1-4(2)3/h2H,1H2;4H,1-3H3. The highest BCUT2D eigenvalue weighted by Gasteiger charge is 1.87. The van der Waals surface area contributed by atoms with E-state index in [0.717, 1.165) is 12.0 Å². The predicted octanol–water partition coefficient (Wildman–Crippen LogP) is 1.86. The zero-order valence-electron chi connectivity index (χ0n) is 7.13. The van der Waals surface area contributed by atoms with Gasteiger partial charge in [0.05, 0.1) is 0 Å². The summed E-state index contributed by atoms with van der Waals surface area (Å²) in [5.74, 6) is 0.113. The van der Waals surface area contributed by atoms with Gasteiger partial charge in [-0.1, -0.05) is 27.4 Å². The highest BCUT2D eigenvalue weighted by molar-refractivity contribution is 5.81. The molecule has 0 fully saturated rings. The van der Waals surface area contributed by atoms with Crippen molar-refractivity contribution in [2.24, 2.45) is 5.92 Å². The lowest BCUT2D eigenvalue weighted by molar-refractivity contribution is -0.131. The molecule has 0 radical (unpaired) electrons. The van der Waals surface area contributed by atoms with Crippen LogP contribution in [0.4, 0.5) is 0 Å². The molecule has 0 aliphatic carbocycles. The van der Waals surface area contributed by atoms with Gasteiger partial charge in [-0.15, -0.1) is 5.26 Å². The molecule has 0 atom stereocenters. The van der Waals surface area contributed by atoms with Gasteiger partial charge in [-0.3, -0.25) is 0 Å². The van der Waals surface area contributed by atoms with E-state index >= 15 is 0 Å². The van der Waals surface area contributed by atoms with E-state index in [2.05, 4.69) is 32.1 Å². The fourth-order valence-electron chi connectivity index (χ4n) is 0.0867. The minimum Gasteiger partial charge on any atom is -0.347 e. The van der Waals surface area contributed by atoms with Crippen molar-refractivity contribution in [2.45, 2.75) is 20.8 Å². The number of nitriles is 1. The van der Waals surface area contributed by atoms with Gasteiger partial charge in [-0.25, -0.2) is 4.79 Å². The molecule has 0 saturated heterocycles. The second kappa shape index (κ2) is 8.70. The van der Waals surface area contributed by atoms with E-state index in [1.807, 2.05) is 0 Å². The Kier molecular flexibility index (Phi) is 9.79. The van der Waals surface area contributed by atoms with Crippen LogP contribution in [0.25, 0.3) is 0 Å². The van der Waals surface area contributed by atoms with Gasteiger partial charge in [0, 0.05) is 6.08 Å². The van der Waals surface area contributed by atoms with E-state index in [1.165, 1.54) is 6.26 Å². The Bertz CT molecular complexity index is 153. The Morgan fingerprint density at radius 2 is 2.00 bits per heavy atom. The van der Waals surface area contributed by atoms with Crippen LogP contribution in [0.1, 0.15) is 20.8 Å². The number of rotatable bonds is 1. The summed E-state index contributed by atoms with van der Waals surface area (Å²) in [6.07, 6.45) is 2.12. The van der Waals surface area contributed by atoms with Gasteiger partial charge in [0.1, 0.15) is 0 Å². The first-order valence-electron chi connectivity index (χ1n) is 3.26. The van der Waals surface area contributed by atoms with Crippen LogP contribution < -0.4 is 0 Å². The van der Waals surface area contributed by atoms with Crippen LogP contribution in [-0.4, -0.2) is 5.97 Å². The number of esters is 1. The second-order valence-electron chi connectivity index (χ2n) is 2.45. The molecule has 0 bridgehead atoms. The Morgan fingerprint density at radius 3 is 2.09 bits per heavy atom. The molecule has 0 aromatic heterocycles. The lowest BCUT2D eigenvalue weighted by Gasteiger charge is -1.79. The normalized spacial score (nSPS) is 7.18. The molecular formula is C8H13NO2. The van der Waals surface area contributed by atoms with Gasteiger partial charge in [0.2, 0.25) is 0 Å². The number of hydrogen-bond acceptors (Lipinski definition) is 3. The number of nitrogens with zero attached hydrogens (tertiary/aromatic N) is 1. The van der Waals surface area contributed by atoms with E-state index in [4.69, 9.17) is 5.26 Å². The molecule has 0 spiro atoms. The number of carbonyl (C=O) groups excluding carboxylic acids is 1. The van der Waals surface area contributed by atoms with Crippen molar-refractivity contribution in [3.63, 3.8) is 0 Å². The van der Waals surface area contributed by atoms with E-state index in [0.29, 0.717) is 0 Å². The number of hydrogen-bond donors (Lipinski definition) is 0. The fourth-order valence-corrected chi connectivity index (χ4v) is 0.0867. The smallest absolute Gasteiger partial charge is 0.345 e. The Labute approximate surface area is 67.3 Å². The van der Waals surface area contributed by atoms with Crippen molar-refractivity contribution >= 4 is 5.97 Å². The monoisotopic (exact) mass is 155 g/mol. The quantitative estimate of drug-likeness (QED) is 0.330. The van der Waals surface area contributed by atoms with Gasteiger partial charge in [-0.05, 0) is 5.92 Å². The molecule has 0 unspecified atom stereocenters. The van der Waals surface area contributed by atoms with Gasteiger partial charge in [-0.2, -0.15) is 0 Å². The summed E-state index contributed by atoms with van der Waals surface area (Å²) in [5, 5.41) is 7.63. The van der Waals surface area contributed by atoms with Crippen molar-refractivity contribution in [1.29, 1.82) is 5.26 Å². The first-order chi connectivity index (χ1) is 5.04. The van der Waals surface area contributed by atoms with Gasteiger partial charge < -0.3 is 4.74 Å². The van der Waals surface area contributed by atoms with Crippen molar-refractivity contribution in [1.82, 2.24) is 0 Å². The van der Waals surface area contributed by atoms with Crippen LogP contribution in [0.3, 0.4) is 0 Å². The highest BCUT2D eigenvalue weighted by atomic mass is 16.5. The van der Waals surface area contributed by atoms with E-state index in [-0.39, 0.29) is 0 Å². The molecule has 0 aliphatic rings. The third kappa shape index (κ3) is 28.5. The summed E-state index contributed by atoms with van der Waals surface area (Å²) >= 11 is 0. The first-order valence-corrected chi connectivity index (χ1v) is 3.26. The van der Waals surface area contributed by atoms with Crippen molar-refractivity contribution in [2.75, 3.05) is 0 Å². The molecule has 0 N–H and O–H groups in total. The fraction of sp³-hybridized carbons (Fsp3) is 0.500. The minimum atomic E-state index is -0.720. The molecule has 0 rings (SSSR count). The summed E-state index contributed by atoms with van der Waals surface area (Å²) < 4.78 is 3.74. The van der Waals surface area contributed by atoms with Crippen LogP contribution in [0, 0.1) is 17.4 Å². The second-order valence-corrected chi connectivity index (χ2v) is 2.45. The maximum Gasteiger partial charge on any atom is 0.345 e. The van der Waals surface area contributed by atoms with Crippen molar-refractivity contribution < 1.29 is 9.53 Å². The number of carbonyl (C=O) groups is 1. The molecule has 0 aromatic rings. The average molecular weight is 155 g/mol. The average Bonchev–Trinajstić information content (AvgIpc) is 1.87. The zero-order chi connectivity index (χ0) is 9.28. The maximum atomic E-state index is 9.85. The molecule has 0 aliphatic heterocycles. The van der Waals surface area contributed by atoms with Crippen molar-refractivity contribution in [3.05, 3.63) is 12.7 Å². The zero-order valence-corrected chi connectivity index (χ0v) is 7.13. The molecule has 3 heteroatoms. The van der Waals surface area contributed by atoms with E-state index < -0.39 is 5.97 Å². The first kappa shape index (κ1) is 12.4. The van der Waals surface area contributed by atoms with Crippen LogP contribution in [0.2, 0.25) is 0 Å². The van der Waals surface area contributed by atoms with Crippen LogP contribution in [-0.2, 0) is 9.53 Å². The summed E-state index contributed by atoms with van der Waals surface area (Å²) in [5.41, 5.74) is 0. The minimum absolute atomic E-state index is 0.720. The third-order valence-electron chi connectivity index (χ3n) is 0.313. The Hall–Kier alpha value is -1.30. The van der Waals surface area contributed by atoms with Crippen LogP contribution in [0.15, 0.2) is 12.7 Å². The highest BCUT2D eigenvalue weighted by Crippen LogP contribution is 1.81. The molecule has 11 heavy (non-hydrogen) atoms. The molecule has 62 valence electrons. The Morgan fingerprint density at radius 1 is 1.64 bits per heavy atom. The maximum absolute atomic E-state index is 9.85. The van der Waals surface area contributed by atoms with Crippen molar-refractivity contribution in [3.8, 4) is 6.26 Å². The lowest BCUT2D eigenvalue weighted by Crippen LogP contribution is -1.91. The topological polar surface area (TPSA) is 50.1 Å². The van der Waals surface area contributed by atoms with Crippen LogP contribution in [0.5, 0.6) is 0 Å². The van der Waals surface area contributed by atoms with Gasteiger partial charge in [0.25, 0.3) is 6.26 Å². The third-order valence-corrected chi connectivity index (χ3v) is 0.313. The molecular weight excluding hydrogens is 142 g/mol. The molecule has 0 aromatic carbocycles. The summed E-state index contributed by atoms with van der Waals surface area (Å²) in [6, 6.07) is 0. The predicted molar refractivity (Wildman–Crippen MR) is 42.4 cm³/mol. The van der Waals surface area contributed by atoms with E-state index in [9.17, 15) is 4.79 Å². The van der Waals surface area contributed by atoms with Gasteiger partial charge >= 0.3 is 5.97 Å². The SMILES string of the molecule is C=CC(=O)OC#N.CC(C)C. The molecule has 0 heterocycles. The summed E-state index contributed by atoms with van der Waals surface area (Å²) in [7, 11) is 0. The molecule has 3 nitrogen and oxygen atoms in total.